The van der Waals surface area contributed by atoms with Crippen LogP contribution in [0.5, 0.6) is 17.2 Å². The second-order valence-corrected chi connectivity index (χ2v) is 8.86. The number of hydrogen-bond acceptors (Lipinski definition) is 4. The molecule has 0 atom stereocenters. The minimum atomic E-state index is 0.401. The molecule has 0 amide bonds. The van der Waals surface area contributed by atoms with E-state index in [9.17, 15) is 0 Å². The monoisotopic (exact) mass is 458 g/mol. The van der Waals surface area contributed by atoms with E-state index in [2.05, 4.69) is 61.7 Å². The van der Waals surface area contributed by atoms with Gasteiger partial charge in [-0.25, -0.2) is 4.98 Å². The van der Waals surface area contributed by atoms with Crippen molar-refractivity contribution in [3.8, 4) is 17.2 Å². The van der Waals surface area contributed by atoms with Crippen LogP contribution in [0.25, 0.3) is 11.0 Å². The molecule has 3 aromatic carbocycles. The summed E-state index contributed by atoms with van der Waals surface area (Å²) in [6, 6.07) is 22.5. The molecule has 0 saturated heterocycles. The Morgan fingerprint density at radius 2 is 1.62 bits per heavy atom. The Hall–Kier alpha value is -3.47. The molecule has 4 aromatic rings. The molecular formula is C29H34N2O3. The third-order valence-corrected chi connectivity index (χ3v) is 5.98. The van der Waals surface area contributed by atoms with Crippen molar-refractivity contribution < 1.29 is 14.2 Å². The Morgan fingerprint density at radius 3 is 2.41 bits per heavy atom. The fourth-order valence-corrected chi connectivity index (χ4v) is 4.16. The van der Waals surface area contributed by atoms with Gasteiger partial charge in [-0.2, -0.15) is 0 Å². The third kappa shape index (κ3) is 5.53. The maximum atomic E-state index is 6.32. The molecule has 0 aliphatic rings. The van der Waals surface area contributed by atoms with Gasteiger partial charge in [-0.05, 0) is 67.1 Å². The highest BCUT2D eigenvalue weighted by molar-refractivity contribution is 5.75. The molecule has 0 saturated carbocycles. The van der Waals surface area contributed by atoms with Gasteiger partial charge in [0.25, 0.3) is 0 Å². The summed E-state index contributed by atoms with van der Waals surface area (Å²) in [5, 5.41) is 0. The number of methoxy groups -OCH3 is 1. The van der Waals surface area contributed by atoms with Crippen molar-refractivity contribution in [2.75, 3.05) is 13.7 Å². The minimum absolute atomic E-state index is 0.401. The summed E-state index contributed by atoms with van der Waals surface area (Å²) in [7, 11) is 1.66. The van der Waals surface area contributed by atoms with E-state index in [1.807, 2.05) is 30.3 Å². The molecule has 0 N–H and O–H groups in total. The van der Waals surface area contributed by atoms with Crippen molar-refractivity contribution in [3.05, 3.63) is 83.7 Å². The quantitative estimate of drug-likeness (QED) is 0.229. The number of unbranched alkanes of at least 4 members (excludes halogenated alkanes) is 1. The second-order valence-electron chi connectivity index (χ2n) is 8.86. The highest BCUT2D eigenvalue weighted by atomic mass is 16.5. The number of benzene rings is 3. The van der Waals surface area contributed by atoms with Crippen LogP contribution in [0.3, 0.4) is 0 Å². The largest absolute Gasteiger partial charge is 0.493 e. The van der Waals surface area contributed by atoms with Crippen LogP contribution in [-0.2, 0) is 13.2 Å². The molecule has 0 fully saturated rings. The van der Waals surface area contributed by atoms with Crippen LogP contribution in [0.4, 0.5) is 0 Å². The smallest absolute Gasteiger partial charge is 0.161 e. The average molecular weight is 459 g/mol. The van der Waals surface area contributed by atoms with Crippen LogP contribution in [0.15, 0.2) is 66.7 Å². The fraction of sp³-hybridized carbons (Fsp3) is 0.345. The number of fused-ring (bicyclic) bond motifs is 1. The molecule has 1 aromatic heterocycles. The van der Waals surface area contributed by atoms with Gasteiger partial charge in [0.05, 0.1) is 24.8 Å². The lowest BCUT2D eigenvalue weighted by Gasteiger charge is -2.16. The zero-order chi connectivity index (χ0) is 23.9. The third-order valence-electron chi connectivity index (χ3n) is 5.98. The number of nitrogens with zero attached hydrogens (tertiary/aromatic N) is 2. The Kier molecular flexibility index (Phi) is 7.73. The van der Waals surface area contributed by atoms with Crippen molar-refractivity contribution >= 4 is 11.0 Å². The van der Waals surface area contributed by atoms with Crippen molar-refractivity contribution in [2.24, 2.45) is 0 Å². The van der Waals surface area contributed by atoms with Crippen molar-refractivity contribution in [3.63, 3.8) is 0 Å². The Morgan fingerprint density at radius 1 is 0.853 bits per heavy atom. The van der Waals surface area contributed by atoms with Gasteiger partial charge in [0.1, 0.15) is 18.2 Å². The SMILES string of the molecule is COc1ccccc1OCCCCn1c(COc2cc(C)ccc2C(C)C)nc2ccccc21. The summed E-state index contributed by atoms with van der Waals surface area (Å²) in [5.41, 5.74) is 4.56. The van der Waals surface area contributed by atoms with Crippen molar-refractivity contribution in [1.29, 1.82) is 0 Å². The summed E-state index contributed by atoms with van der Waals surface area (Å²) >= 11 is 0. The first-order chi connectivity index (χ1) is 16.6. The molecule has 0 spiro atoms. The zero-order valence-electron chi connectivity index (χ0n) is 20.6. The molecule has 0 aliphatic carbocycles. The summed E-state index contributed by atoms with van der Waals surface area (Å²) < 4.78 is 19.9. The standard InChI is InChI=1S/C29H34N2O3/c1-21(2)23-16-15-22(3)19-28(23)34-20-29-30-24-11-5-6-12-25(24)31(29)17-9-10-18-33-27-14-8-7-13-26(27)32-4/h5-8,11-16,19,21H,9-10,17-18,20H2,1-4H3. The van der Waals surface area contributed by atoms with Crippen molar-refractivity contribution in [1.82, 2.24) is 9.55 Å². The lowest BCUT2D eigenvalue weighted by molar-refractivity contribution is 0.276. The predicted molar refractivity (Wildman–Crippen MR) is 137 cm³/mol. The maximum absolute atomic E-state index is 6.32. The van der Waals surface area contributed by atoms with Crippen LogP contribution in [0, 0.1) is 6.92 Å². The fourth-order valence-electron chi connectivity index (χ4n) is 4.16. The summed E-state index contributed by atoms with van der Waals surface area (Å²) in [6.45, 7) is 8.42. The molecule has 178 valence electrons. The molecule has 0 unspecified atom stereocenters. The van der Waals surface area contributed by atoms with Crippen LogP contribution in [0.2, 0.25) is 0 Å². The van der Waals surface area contributed by atoms with E-state index in [1.165, 1.54) is 11.1 Å². The lowest BCUT2D eigenvalue weighted by atomic mass is 10.0. The van der Waals surface area contributed by atoms with E-state index in [1.54, 1.807) is 7.11 Å². The number of para-hydroxylation sites is 4. The first-order valence-electron chi connectivity index (χ1n) is 12.0. The van der Waals surface area contributed by atoms with Gasteiger partial charge in [0.2, 0.25) is 0 Å². The number of aryl methyl sites for hydroxylation is 2. The molecule has 0 radical (unpaired) electrons. The Labute approximate surface area is 202 Å². The molecule has 34 heavy (non-hydrogen) atoms. The van der Waals surface area contributed by atoms with Gasteiger partial charge >= 0.3 is 0 Å². The zero-order valence-corrected chi connectivity index (χ0v) is 20.6. The Balaban J connectivity index is 1.43. The normalized spacial score (nSPS) is 11.2. The molecule has 4 rings (SSSR count). The first kappa shape index (κ1) is 23.7. The molecular weight excluding hydrogens is 424 g/mol. The second kappa shape index (κ2) is 11.1. The summed E-state index contributed by atoms with van der Waals surface area (Å²) in [6.07, 6.45) is 1.91. The number of ether oxygens (including phenoxy) is 3. The van der Waals surface area contributed by atoms with E-state index in [0.717, 1.165) is 53.5 Å². The number of imidazole rings is 1. The van der Waals surface area contributed by atoms with Crippen LogP contribution >= 0.6 is 0 Å². The maximum Gasteiger partial charge on any atom is 0.161 e. The van der Waals surface area contributed by atoms with E-state index in [-0.39, 0.29) is 0 Å². The number of rotatable bonds is 11. The van der Waals surface area contributed by atoms with Gasteiger partial charge in [-0.1, -0.05) is 50.2 Å². The molecule has 0 aliphatic heterocycles. The van der Waals surface area contributed by atoms with Crippen LogP contribution in [-0.4, -0.2) is 23.3 Å². The van der Waals surface area contributed by atoms with Crippen LogP contribution in [0.1, 0.15) is 49.6 Å². The molecule has 5 nitrogen and oxygen atoms in total. The van der Waals surface area contributed by atoms with E-state index in [0.29, 0.717) is 19.1 Å². The van der Waals surface area contributed by atoms with Gasteiger partial charge in [-0.3, -0.25) is 0 Å². The molecule has 1 heterocycles. The van der Waals surface area contributed by atoms with Gasteiger partial charge in [-0.15, -0.1) is 0 Å². The first-order valence-corrected chi connectivity index (χ1v) is 12.0. The number of aromatic nitrogens is 2. The molecule has 0 bridgehead atoms. The van der Waals surface area contributed by atoms with E-state index >= 15 is 0 Å². The molecule has 5 heteroatoms. The highest BCUT2D eigenvalue weighted by Crippen LogP contribution is 2.29. The van der Waals surface area contributed by atoms with Gasteiger partial charge in [0, 0.05) is 6.54 Å². The minimum Gasteiger partial charge on any atom is -0.493 e. The lowest BCUT2D eigenvalue weighted by Crippen LogP contribution is -2.09. The van der Waals surface area contributed by atoms with Crippen LogP contribution < -0.4 is 14.2 Å². The summed E-state index contributed by atoms with van der Waals surface area (Å²) in [5.74, 6) is 3.84. The van der Waals surface area contributed by atoms with Gasteiger partial charge in [0.15, 0.2) is 11.5 Å². The van der Waals surface area contributed by atoms with E-state index < -0.39 is 0 Å². The van der Waals surface area contributed by atoms with Crippen molar-refractivity contribution in [2.45, 2.75) is 52.7 Å². The average Bonchev–Trinajstić information content (AvgIpc) is 3.20. The highest BCUT2D eigenvalue weighted by Gasteiger charge is 2.14. The van der Waals surface area contributed by atoms with Gasteiger partial charge < -0.3 is 18.8 Å². The number of hydrogen-bond donors (Lipinski definition) is 0. The topological polar surface area (TPSA) is 45.5 Å². The van der Waals surface area contributed by atoms with E-state index in [4.69, 9.17) is 19.2 Å². The Bertz CT molecular complexity index is 1230. The summed E-state index contributed by atoms with van der Waals surface area (Å²) in [4.78, 5) is 4.88. The predicted octanol–water partition coefficient (Wildman–Crippen LogP) is 6.91.